The van der Waals surface area contributed by atoms with Crippen molar-refractivity contribution in [2.75, 3.05) is 0 Å². The van der Waals surface area contributed by atoms with Crippen molar-refractivity contribution >= 4 is 56.4 Å². The molecular formula is C16H10Cl2N2O2S. The summed E-state index contributed by atoms with van der Waals surface area (Å²) in [5.74, 6) is -0.926. The van der Waals surface area contributed by atoms with E-state index in [9.17, 15) is 9.59 Å². The van der Waals surface area contributed by atoms with E-state index in [4.69, 9.17) is 23.2 Å². The monoisotopic (exact) mass is 364 g/mol. The van der Waals surface area contributed by atoms with E-state index in [0.717, 1.165) is 10.1 Å². The van der Waals surface area contributed by atoms with Gasteiger partial charge in [-0.1, -0.05) is 47.5 Å². The predicted octanol–water partition coefficient (Wildman–Crippen LogP) is 4.28. The minimum Gasteiger partial charge on any atom is -0.267 e. The van der Waals surface area contributed by atoms with Gasteiger partial charge in [0.05, 0.1) is 5.02 Å². The number of hydrogen-bond donors (Lipinski definition) is 2. The number of carbonyl (C=O) groups is 2. The minimum absolute atomic E-state index is 0.347. The van der Waals surface area contributed by atoms with Gasteiger partial charge in [-0.15, -0.1) is 11.3 Å². The van der Waals surface area contributed by atoms with Crippen LogP contribution in [-0.4, -0.2) is 11.8 Å². The van der Waals surface area contributed by atoms with Crippen molar-refractivity contribution in [2.45, 2.75) is 0 Å². The summed E-state index contributed by atoms with van der Waals surface area (Å²) in [6, 6.07) is 13.9. The molecule has 1 aromatic heterocycles. The summed E-state index contributed by atoms with van der Waals surface area (Å²) in [5, 5.41) is 1.63. The van der Waals surface area contributed by atoms with Gasteiger partial charge in [-0.05, 0) is 24.3 Å². The van der Waals surface area contributed by atoms with Crippen LogP contribution >= 0.6 is 34.5 Å². The van der Waals surface area contributed by atoms with Gasteiger partial charge in [-0.25, -0.2) is 0 Å². The molecule has 0 aliphatic carbocycles. The minimum atomic E-state index is -0.466. The molecule has 4 nitrogen and oxygen atoms in total. The number of hydrazine groups is 1. The molecule has 0 saturated carbocycles. The van der Waals surface area contributed by atoms with E-state index in [1.54, 1.807) is 18.2 Å². The highest BCUT2D eigenvalue weighted by Gasteiger charge is 2.17. The maximum absolute atomic E-state index is 12.2. The van der Waals surface area contributed by atoms with Crippen LogP contribution in [0.2, 0.25) is 10.0 Å². The SMILES string of the molecule is O=C(NNC(=O)c1sc2ccccc2c1Cl)c1cccc(Cl)c1. The molecule has 0 aliphatic rings. The molecule has 0 unspecified atom stereocenters. The maximum atomic E-state index is 12.2. The third-order valence-corrected chi connectivity index (χ3v) is 5.03. The van der Waals surface area contributed by atoms with Crippen LogP contribution in [-0.2, 0) is 0 Å². The largest absolute Gasteiger partial charge is 0.281 e. The van der Waals surface area contributed by atoms with Gasteiger partial charge in [0.25, 0.3) is 11.8 Å². The first-order chi connectivity index (χ1) is 11.1. The lowest BCUT2D eigenvalue weighted by Crippen LogP contribution is -2.41. The maximum Gasteiger partial charge on any atom is 0.281 e. The Labute approximate surface area is 146 Å². The highest BCUT2D eigenvalue weighted by atomic mass is 35.5. The Kier molecular flexibility index (Phi) is 4.52. The van der Waals surface area contributed by atoms with E-state index in [-0.39, 0.29) is 0 Å². The zero-order valence-corrected chi connectivity index (χ0v) is 13.9. The number of benzene rings is 2. The Bertz CT molecular complexity index is 908. The van der Waals surface area contributed by atoms with Crippen molar-refractivity contribution < 1.29 is 9.59 Å². The molecule has 0 atom stereocenters. The lowest BCUT2D eigenvalue weighted by molar-refractivity contribution is 0.0849. The lowest BCUT2D eigenvalue weighted by Gasteiger charge is -2.06. The average Bonchev–Trinajstić information content (AvgIpc) is 2.90. The Morgan fingerprint density at radius 1 is 0.913 bits per heavy atom. The van der Waals surface area contributed by atoms with Gasteiger partial charge in [0, 0.05) is 20.7 Å². The third-order valence-electron chi connectivity index (χ3n) is 3.12. The molecule has 1 heterocycles. The number of hydrogen-bond acceptors (Lipinski definition) is 3. The normalized spacial score (nSPS) is 10.5. The summed E-state index contributed by atoms with van der Waals surface area (Å²) in [5.41, 5.74) is 5.06. The van der Waals surface area contributed by atoms with Crippen LogP contribution in [0.4, 0.5) is 0 Å². The zero-order chi connectivity index (χ0) is 16.4. The first kappa shape index (κ1) is 15.8. The van der Waals surface area contributed by atoms with Gasteiger partial charge in [-0.2, -0.15) is 0 Å². The predicted molar refractivity (Wildman–Crippen MR) is 93.2 cm³/mol. The van der Waals surface area contributed by atoms with Crippen molar-refractivity contribution in [3.8, 4) is 0 Å². The number of amides is 2. The molecule has 116 valence electrons. The van der Waals surface area contributed by atoms with Crippen molar-refractivity contribution in [2.24, 2.45) is 0 Å². The molecule has 0 radical (unpaired) electrons. The molecule has 2 amide bonds. The second-order valence-corrected chi connectivity index (χ2v) is 6.53. The number of rotatable bonds is 2. The van der Waals surface area contributed by atoms with Crippen LogP contribution in [0.1, 0.15) is 20.0 Å². The third kappa shape index (κ3) is 3.32. The summed E-state index contributed by atoms with van der Waals surface area (Å²) < 4.78 is 0.906. The number of fused-ring (bicyclic) bond motifs is 1. The van der Waals surface area contributed by atoms with Gasteiger partial charge in [0.15, 0.2) is 0 Å². The standard InChI is InChI=1S/C16H10Cl2N2O2S/c17-10-5-3-4-9(8-10)15(21)19-20-16(22)14-13(18)11-6-1-2-7-12(11)23-14/h1-8H,(H,19,21)(H,20,22). The van der Waals surface area contributed by atoms with E-state index < -0.39 is 11.8 Å². The van der Waals surface area contributed by atoms with Crippen molar-refractivity contribution in [1.82, 2.24) is 10.9 Å². The number of nitrogens with one attached hydrogen (secondary N) is 2. The molecule has 23 heavy (non-hydrogen) atoms. The lowest BCUT2D eigenvalue weighted by atomic mass is 10.2. The number of halogens is 2. The van der Waals surface area contributed by atoms with Gasteiger partial charge in [-0.3, -0.25) is 20.4 Å². The van der Waals surface area contributed by atoms with Crippen molar-refractivity contribution in [1.29, 1.82) is 0 Å². The highest BCUT2D eigenvalue weighted by molar-refractivity contribution is 7.21. The first-order valence-electron chi connectivity index (χ1n) is 6.59. The van der Waals surface area contributed by atoms with E-state index in [2.05, 4.69) is 10.9 Å². The quantitative estimate of drug-likeness (QED) is 0.666. The molecule has 0 aliphatic heterocycles. The second-order valence-electron chi connectivity index (χ2n) is 4.66. The van der Waals surface area contributed by atoms with Crippen LogP contribution in [0, 0.1) is 0 Å². The summed E-state index contributed by atoms with van der Waals surface area (Å²) in [6.07, 6.45) is 0. The van der Waals surface area contributed by atoms with Gasteiger partial charge in [0.1, 0.15) is 4.88 Å². The second kappa shape index (κ2) is 6.58. The van der Waals surface area contributed by atoms with Gasteiger partial charge in [0.2, 0.25) is 0 Å². The summed E-state index contributed by atoms with van der Waals surface area (Å²) >= 11 is 13.3. The van der Waals surface area contributed by atoms with E-state index in [1.807, 2.05) is 24.3 Å². The zero-order valence-electron chi connectivity index (χ0n) is 11.6. The molecule has 7 heteroatoms. The number of carbonyl (C=O) groups excluding carboxylic acids is 2. The van der Waals surface area contributed by atoms with Crippen LogP contribution in [0.3, 0.4) is 0 Å². The summed E-state index contributed by atoms with van der Waals surface area (Å²) in [6.45, 7) is 0. The fraction of sp³-hybridized carbons (Fsp3) is 0. The molecule has 0 fully saturated rings. The molecule has 0 saturated heterocycles. The summed E-state index contributed by atoms with van der Waals surface area (Å²) in [7, 11) is 0. The Balaban J connectivity index is 1.74. The average molecular weight is 365 g/mol. The fourth-order valence-electron chi connectivity index (χ4n) is 2.03. The number of thiophene rings is 1. The molecule has 2 N–H and O–H groups in total. The fourth-order valence-corrected chi connectivity index (χ4v) is 3.63. The first-order valence-corrected chi connectivity index (χ1v) is 8.17. The molecule has 2 aromatic carbocycles. The van der Waals surface area contributed by atoms with E-state index in [1.165, 1.54) is 17.4 Å². The molecule has 3 aromatic rings. The Hall–Kier alpha value is -2.08. The molecular weight excluding hydrogens is 355 g/mol. The molecule has 3 rings (SSSR count). The van der Waals surface area contributed by atoms with Crippen LogP contribution in [0.25, 0.3) is 10.1 Å². The van der Waals surface area contributed by atoms with Crippen LogP contribution < -0.4 is 10.9 Å². The summed E-state index contributed by atoms with van der Waals surface area (Å²) in [4.78, 5) is 24.5. The van der Waals surface area contributed by atoms with Gasteiger partial charge < -0.3 is 0 Å². The topological polar surface area (TPSA) is 58.2 Å². The van der Waals surface area contributed by atoms with E-state index in [0.29, 0.717) is 20.5 Å². The van der Waals surface area contributed by atoms with Gasteiger partial charge >= 0.3 is 0 Å². The smallest absolute Gasteiger partial charge is 0.267 e. The molecule has 0 spiro atoms. The van der Waals surface area contributed by atoms with E-state index >= 15 is 0 Å². The van der Waals surface area contributed by atoms with Crippen molar-refractivity contribution in [3.63, 3.8) is 0 Å². The van der Waals surface area contributed by atoms with Crippen LogP contribution in [0.5, 0.6) is 0 Å². The van der Waals surface area contributed by atoms with Crippen molar-refractivity contribution in [3.05, 3.63) is 69.0 Å². The molecule has 0 bridgehead atoms. The Morgan fingerprint density at radius 3 is 2.39 bits per heavy atom. The van der Waals surface area contributed by atoms with Crippen LogP contribution in [0.15, 0.2) is 48.5 Å². The Morgan fingerprint density at radius 2 is 1.65 bits per heavy atom. The highest BCUT2D eigenvalue weighted by Crippen LogP contribution is 2.34.